The maximum Gasteiger partial charge on any atom is 0.347 e. The SMILES string of the molecule is O=C(OC1CCOC1=O)c1cc(-c2cccnc2)nc2ccccc12. The predicted octanol–water partition coefficient (Wildman–Crippen LogP) is 2.77. The van der Waals surface area contributed by atoms with Crippen molar-refractivity contribution in [1.82, 2.24) is 9.97 Å². The summed E-state index contributed by atoms with van der Waals surface area (Å²) in [4.78, 5) is 32.9. The number of esters is 2. The minimum atomic E-state index is -0.846. The fraction of sp³-hybridized carbons (Fsp3) is 0.158. The molecule has 6 nitrogen and oxygen atoms in total. The molecule has 0 aliphatic carbocycles. The number of para-hydroxylation sites is 1. The summed E-state index contributed by atoms with van der Waals surface area (Å²) in [7, 11) is 0. The first-order chi connectivity index (χ1) is 12.2. The second-order valence-corrected chi connectivity index (χ2v) is 5.66. The second-order valence-electron chi connectivity index (χ2n) is 5.66. The number of ether oxygens (including phenoxy) is 2. The average Bonchev–Trinajstić information content (AvgIpc) is 3.06. The molecule has 0 amide bonds. The Balaban J connectivity index is 1.78. The van der Waals surface area contributed by atoms with Gasteiger partial charge >= 0.3 is 11.9 Å². The Hall–Kier alpha value is -3.28. The molecule has 3 aromatic rings. The third-order valence-corrected chi connectivity index (χ3v) is 4.03. The van der Waals surface area contributed by atoms with E-state index in [9.17, 15) is 9.59 Å². The first-order valence-electron chi connectivity index (χ1n) is 7.90. The molecule has 4 rings (SSSR count). The monoisotopic (exact) mass is 334 g/mol. The molecule has 25 heavy (non-hydrogen) atoms. The summed E-state index contributed by atoms with van der Waals surface area (Å²) in [5.74, 6) is -1.06. The normalized spacial score (nSPS) is 16.6. The lowest BCUT2D eigenvalue weighted by molar-refractivity contribution is -0.145. The number of carbonyl (C=O) groups is 2. The Morgan fingerprint density at radius 2 is 2.08 bits per heavy atom. The van der Waals surface area contributed by atoms with Gasteiger partial charge in [0.15, 0.2) is 0 Å². The Bertz CT molecular complexity index is 956. The molecule has 6 heteroatoms. The van der Waals surface area contributed by atoms with Crippen LogP contribution >= 0.6 is 0 Å². The van der Waals surface area contributed by atoms with Crippen molar-refractivity contribution in [1.29, 1.82) is 0 Å². The Morgan fingerprint density at radius 3 is 2.84 bits per heavy atom. The number of hydrogen-bond acceptors (Lipinski definition) is 6. The maximum absolute atomic E-state index is 12.7. The van der Waals surface area contributed by atoms with Crippen LogP contribution in [0.3, 0.4) is 0 Å². The molecule has 1 fully saturated rings. The zero-order chi connectivity index (χ0) is 17.2. The standard InChI is InChI=1S/C19H14N2O4/c22-18(25-17-7-9-24-19(17)23)14-10-16(12-4-3-8-20-11-12)21-15-6-2-1-5-13(14)15/h1-6,8,10-11,17H,7,9H2. The molecule has 1 atom stereocenters. The molecule has 1 unspecified atom stereocenters. The van der Waals surface area contributed by atoms with Gasteiger partial charge in [-0.15, -0.1) is 0 Å². The van der Waals surface area contributed by atoms with Gasteiger partial charge in [-0.1, -0.05) is 18.2 Å². The average molecular weight is 334 g/mol. The quantitative estimate of drug-likeness (QED) is 0.685. The fourth-order valence-corrected chi connectivity index (χ4v) is 2.78. The van der Waals surface area contributed by atoms with Crippen LogP contribution in [0.2, 0.25) is 0 Å². The van der Waals surface area contributed by atoms with Gasteiger partial charge in [0.05, 0.1) is 23.4 Å². The number of nitrogens with zero attached hydrogens (tertiary/aromatic N) is 2. The Morgan fingerprint density at radius 1 is 1.20 bits per heavy atom. The van der Waals surface area contributed by atoms with Gasteiger partial charge in [-0.2, -0.15) is 0 Å². The highest BCUT2D eigenvalue weighted by Crippen LogP contribution is 2.26. The summed E-state index contributed by atoms with van der Waals surface area (Å²) >= 11 is 0. The highest BCUT2D eigenvalue weighted by Gasteiger charge is 2.31. The smallest absolute Gasteiger partial charge is 0.347 e. The predicted molar refractivity (Wildman–Crippen MR) is 89.8 cm³/mol. The zero-order valence-electron chi connectivity index (χ0n) is 13.2. The van der Waals surface area contributed by atoms with E-state index in [-0.39, 0.29) is 6.61 Å². The van der Waals surface area contributed by atoms with Crippen LogP contribution in [0.15, 0.2) is 54.9 Å². The van der Waals surface area contributed by atoms with Crippen LogP contribution in [0.25, 0.3) is 22.2 Å². The number of pyridine rings is 2. The number of benzene rings is 1. The molecular weight excluding hydrogens is 320 g/mol. The van der Waals surface area contributed by atoms with E-state index >= 15 is 0 Å². The molecule has 1 aliphatic rings. The van der Waals surface area contributed by atoms with Crippen LogP contribution in [0.1, 0.15) is 16.8 Å². The summed E-state index contributed by atoms with van der Waals surface area (Å²) in [6.45, 7) is 0.273. The molecule has 1 saturated heterocycles. The van der Waals surface area contributed by atoms with Crippen LogP contribution in [-0.4, -0.2) is 34.6 Å². The second kappa shape index (κ2) is 6.32. The van der Waals surface area contributed by atoms with Crippen molar-refractivity contribution in [2.24, 2.45) is 0 Å². The molecule has 1 aromatic carbocycles. The van der Waals surface area contributed by atoms with Crippen molar-refractivity contribution in [3.63, 3.8) is 0 Å². The van der Waals surface area contributed by atoms with E-state index in [2.05, 4.69) is 9.97 Å². The van der Waals surface area contributed by atoms with Crippen molar-refractivity contribution in [3.05, 3.63) is 60.4 Å². The summed E-state index contributed by atoms with van der Waals surface area (Å²) in [6, 6.07) is 12.7. The lowest BCUT2D eigenvalue weighted by Crippen LogP contribution is -2.23. The summed E-state index contributed by atoms with van der Waals surface area (Å²) in [5, 5.41) is 0.673. The molecule has 0 radical (unpaired) electrons. The molecule has 0 bridgehead atoms. The van der Waals surface area contributed by atoms with E-state index in [1.165, 1.54) is 0 Å². The minimum absolute atomic E-state index is 0.273. The van der Waals surface area contributed by atoms with Crippen LogP contribution in [-0.2, 0) is 14.3 Å². The van der Waals surface area contributed by atoms with Crippen molar-refractivity contribution in [3.8, 4) is 11.3 Å². The van der Waals surface area contributed by atoms with Crippen LogP contribution < -0.4 is 0 Å². The first-order valence-corrected chi connectivity index (χ1v) is 7.90. The van der Waals surface area contributed by atoms with Crippen LogP contribution in [0, 0.1) is 0 Å². The number of cyclic esters (lactones) is 1. The van der Waals surface area contributed by atoms with Gasteiger partial charge in [-0.25, -0.2) is 14.6 Å². The third-order valence-electron chi connectivity index (χ3n) is 4.03. The molecule has 0 N–H and O–H groups in total. The highest BCUT2D eigenvalue weighted by molar-refractivity contribution is 6.05. The van der Waals surface area contributed by atoms with Gasteiger partial charge in [0, 0.05) is 29.8 Å². The molecular formula is C19H14N2O4. The minimum Gasteiger partial charge on any atom is -0.463 e. The molecule has 1 aliphatic heterocycles. The zero-order valence-corrected chi connectivity index (χ0v) is 13.2. The number of hydrogen-bond donors (Lipinski definition) is 0. The van der Waals surface area contributed by atoms with E-state index < -0.39 is 18.0 Å². The lowest BCUT2D eigenvalue weighted by atomic mass is 10.0. The Kier molecular flexibility index (Phi) is 3.85. The maximum atomic E-state index is 12.7. The van der Waals surface area contributed by atoms with Gasteiger partial charge in [-0.3, -0.25) is 4.98 Å². The van der Waals surface area contributed by atoms with E-state index in [4.69, 9.17) is 9.47 Å². The summed E-state index contributed by atoms with van der Waals surface area (Å²) in [6.07, 6.45) is 2.89. The van der Waals surface area contributed by atoms with Crippen molar-refractivity contribution < 1.29 is 19.1 Å². The number of rotatable bonds is 3. The number of fused-ring (bicyclic) bond motifs is 1. The molecule has 3 heterocycles. The van der Waals surface area contributed by atoms with Crippen molar-refractivity contribution >= 4 is 22.8 Å². The van der Waals surface area contributed by atoms with Crippen LogP contribution in [0.5, 0.6) is 0 Å². The summed E-state index contributed by atoms with van der Waals surface area (Å²) < 4.78 is 10.2. The molecule has 124 valence electrons. The fourth-order valence-electron chi connectivity index (χ4n) is 2.78. The summed E-state index contributed by atoms with van der Waals surface area (Å²) in [5.41, 5.74) is 2.45. The van der Waals surface area contributed by atoms with Gasteiger partial charge in [0.25, 0.3) is 0 Å². The third kappa shape index (κ3) is 2.94. The van der Waals surface area contributed by atoms with Gasteiger partial charge < -0.3 is 9.47 Å². The van der Waals surface area contributed by atoms with Gasteiger partial charge in [-0.05, 0) is 24.3 Å². The number of aromatic nitrogens is 2. The van der Waals surface area contributed by atoms with Crippen molar-refractivity contribution in [2.45, 2.75) is 12.5 Å². The number of carbonyl (C=O) groups excluding carboxylic acids is 2. The topological polar surface area (TPSA) is 78.4 Å². The largest absolute Gasteiger partial charge is 0.463 e. The molecule has 2 aromatic heterocycles. The van der Waals surface area contributed by atoms with Crippen molar-refractivity contribution in [2.75, 3.05) is 6.61 Å². The van der Waals surface area contributed by atoms with E-state index in [1.54, 1.807) is 30.6 Å². The highest BCUT2D eigenvalue weighted by atomic mass is 16.6. The van der Waals surface area contributed by atoms with E-state index in [1.807, 2.05) is 24.3 Å². The first kappa shape index (κ1) is 15.3. The molecule has 0 saturated carbocycles. The lowest BCUT2D eigenvalue weighted by Gasteiger charge is -2.12. The van der Waals surface area contributed by atoms with Gasteiger partial charge in [0.1, 0.15) is 0 Å². The van der Waals surface area contributed by atoms with E-state index in [0.29, 0.717) is 28.6 Å². The van der Waals surface area contributed by atoms with E-state index in [0.717, 1.165) is 5.56 Å². The van der Waals surface area contributed by atoms with Gasteiger partial charge in [0.2, 0.25) is 6.10 Å². The Labute approximate surface area is 143 Å². The van der Waals surface area contributed by atoms with Crippen LogP contribution in [0.4, 0.5) is 0 Å². The molecule has 0 spiro atoms.